The van der Waals surface area contributed by atoms with E-state index in [4.69, 9.17) is 26.2 Å². The van der Waals surface area contributed by atoms with E-state index in [1.807, 2.05) is 0 Å². The average molecular weight is 213 g/mol. The first-order valence-corrected chi connectivity index (χ1v) is 4.11. The second-order valence-electron chi connectivity index (χ2n) is 2.15. The minimum absolute atomic E-state index is 0.190. The standard InChI is InChI=1S/C3H7NO2S.C3H8O3/c4-2(1-7)3(5)6;4-1-3(6)2-5/h2,7H,1,4H2,(H,5,6);3-6H,1-2H2/t2-;/m0./s1. The van der Waals surface area contributed by atoms with Crippen LogP contribution in [0.5, 0.6) is 0 Å². The van der Waals surface area contributed by atoms with Gasteiger partial charge in [-0.1, -0.05) is 0 Å². The summed E-state index contributed by atoms with van der Waals surface area (Å²) >= 11 is 3.65. The third kappa shape index (κ3) is 11.7. The molecule has 0 aromatic heterocycles. The number of carbonyl (C=O) groups is 1. The monoisotopic (exact) mass is 213 g/mol. The Labute approximate surface area is 81.4 Å². The average Bonchev–Trinajstić information content (AvgIpc) is 2.16. The van der Waals surface area contributed by atoms with E-state index in [-0.39, 0.29) is 19.0 Å². The smallest absolute Gasteiger partial charge is 0.321 e. The van der Waals surface area contributed by atoms with Gasteiger partial charge in [-0.25, -0.2) is 0 Å². The van der Waals surface area contributed by atoms with Gasteiger partial charge < -0.3 is 26.2 Å². The van der Waals surface area contributed by atoms with Gasteiger partial charge >= 0.3 is 5.97 Å². The van der Waals surface area contributed by atoms with Crippen LogP contribution >= 0.6 is 12.6 Å². The molecule has 0 spiro atoms. The van der Waals surface area contributed by atoms with Crippen LogP contribution in [0.4, 0.5) is 0 Å². The van der Waals surface area contributed by atoms with E-state index in [1.54, 1.807) is 0 Å². The zero-order valence-corrected chi connectivity index (χ0v) is 7.89. The lowest BCUT2D eigenvalue weighted by atomic mass is 10.4. The highest BCUT2D eigenvalue weighted by Crippen LogP contribution is 1.80. The van der Waals surface area contributed by atoms with Crippen LogP contribution in [-0.2, 0) is 4.79 Å². The molecule has 0 saturated carbocycles. The van der Waals surface area contributed by atoms with Crippen LogP contribution < -0.4 is 5.73 Å². The molecule has 0 saturated heterocycles. The molecule has 0 aliphatic rings. The van der Waals surface area contributed by atoms with Crippen molar-refractivity contribution in [2.75, 3.05) is 19.0 Å². The van der Waals surface area contributed by atoms with E-state index in [2.05, 4.69) is 12.6 Å². The van der Waals surface area contributed by atoms with Crippen LogP contribution in [0.3, 0.4) is 0 Å². The van der Waals surface area contributed by atoms with Crippen molar-refractivity contribution in [1.29, 1.82) is 0 Å². The van der Waals surface area contributed by atoms with E-state index < -0.39 is 18.1 Å². The number of hydrogen-bond donors (Lipinski definition) is 6. The van der Waals surface area contributed by atoms with Crippen LogP contribution in [0.25, 0.3) is 0 Å². The molecule has 0 heterocycles. The Morgan fingerprint density at radius 3 is 1.77 bits per heavy atom. The number of carboxylic acid groups (broad SMARTS) is 1. The highest BCUT2D eigenvalue weighted by atomic mass is 32.1. The molecular weight excluding hydrogens is 198 g/mol. The summed E-state index contributed by atoms with van der Waals surface area (Å²) in [4.78, 5) is 9.76. The van der Waals surface area contributed by atoms with Gasteiger partial charge in [-0.05, 0) is 0 Å². The molecule has 0 radical (unpaired) electrons. The quantitative estimate of drug-likeness (QED) is 0.291. The molecule has 0 aliphatic carbocycles. The Kier molecular flexibility index (Phi) is 11.4. The molecule has 6 nitrogen and oxygen atoms in total. The van der Waals surface area contributed by atoms with Gasteiger partial charge in [-0.2, -0.15) is 12.6 Å². The number of thiol groups is 1. The van der Waals surface area contributed by atoms with Gasteiger partial charge in [0.25, 0.3) is 0 Å². The summed E-state index contributed by atoms with van der Waals surface area (Å²) in [6.07, 6.45) is -0.954. The van der Waals surface area contributed by atoms with Crippen LogP contribution in [0.15, 0.2) is 0 Å². The largest absolute Gasteiger partial charge is 0.480 e. The molecule has 80 valence electrons. The number of aliphatic hydroxyl groups excluding tert-OH is 3. The number of rotatable bonds is 4. The fourth-order valence-corrected chi connectivity index (χ4v) is 0.292. The van der Waals surface area contributed by atoms with Gasteiger partial charge in [-0.3, -0.25) is 4.79 Å². The molecule has 0 aliphatic heterocycles. The zero-order valence-electron chi connectivity index (χ0n) is 7.00. The first-order valence-electron chi connectivity index (χ1n) is 3.48. The van der Waals surface area contributed by atoms with Gasteiger partial charge in [0.15, 0.2) is 0 Å². The first-order chi connectivity index (χ1) is 5.99. The summed E-state index contributed by atoms with van der Waals surface area (Å²) in [5.74, 6) is -0.815. The van der Waals surface area contributed by atoms with E-state index in [9.17, 15) is 4.79 Å². The Bertz CT molecular complexity index is 130. The van der Waals surface area contributed by atoms with E-state index in [0.29, 0.717) is 0 Å². The van der Waals surface area contributed by atoms with Crippen LogP contribution in [0.1, 0.15) is 0 Å². The Balaban J connectivity index is 0. The van der Waals surface area contributed by atoms with E-state index in [0.717, 1.165) is 0 Å². The lowest BCUT2D eigenvalue weighted by Gasteiger charge is -1.96. The van der Waals surface area contributed by atoms with Crippen molar-refractivity contribution in [2.45, 2.75) is 12.1 Å². The molecule has 0 amide bonds. The Morgan fingerprint density at radius 1 is 1.38 bits per heavy atom. The highest BCUT2D eigenvalue weighted by molar-refractivity contribution is 7.80. The molecule has 0 aromatic carbocycles. The number of nitrogens with two attached hydrogens (primary N) is 1. The lowest BCUT2D eigenvalue weighted by Crippen LogP contribution is -2.31. The Morgan fingerprint density at radius 2 is 1.77 bits per heavy atom. The van der Waals surface area contributed by atoms with E-state index >= 15 is 0 Å². The number of hydrogen-bond acceptors (Lipinski definition) is 6. The molecular formula is C6H15NO5S. The van der Waals surface area contributed by atoms with Crippen LogP contribution in [0, 0.1) is 0 Å². The van der Waals surface area contributed by atoms with Gasteiger partial charge in [0.1, 0.15) is 12.1 Å². The minimum Gasteiger partial charge on any atom is -0.480 e. The van der Waals surface area contributed by atoms with Gasteiger partial charge in [0.2, 0.25) is 0 Å². The second-order valence-corrected chi connectivity index (χ2v) is 2.51. The molecule has 13 heavy (non-hydrogen) atoms. The molecule has 0 rings (SSSR count). The van der Waals surface area contributed by atoms with Crippen molar-refractivity contribution in [3.05, 3.63) is 0 Å². The summed E-state index contributed by atoms with van der Waals surface area (Å²) in [5, 5.41) is 32.0. The van der Waals surface area contributed by atoms with Gasteiger partial charge in [-0.15, -0.1) is 0 Å². The molecule has 1 atom stereocenters. The van der Waals surface area contributed by atoms with Crippen molar-refractivity contribution in [2.24, 2.45) is 5.73 Å². The molecule has 7 heteroatoms. The summed E-state index contributed by atoms with van der Waals surface area (Å²) in [6.45, 7) is -0.729. The number of carboxylic acids is 1. The maximum absolute atomic E-state index is 9.76. The summed E-state index contributed by atoms with van der Waals surface area (Å²) < 4.78 is 0. The third-order valence-corrected chi connectivity index (χ3v) is 1.33. The summed E-state index contributed by atoms with van der Waals surface area (Å²) in [7, 11) is 0. The van der Waals surface area contributed by atoms with E-state index in [1.165, 1.54) is 0 Å². The topological polar surface area (TPSA) is 124 Å². The normalized spacial score (nSPS) is 11.8. The van der Waals surface area contributed by atoms with Crippen LogP contribution in [-0.4, -0.2) is 57.5 Å². The highest BCUT2D eigenvalue weighted by Gasteiger charge is 2.06. The third-order valence-electron chi connectivity index (χ3n) is 0.935. The first kappa shape index (κ1) is 15.1. The molecule has 0 unspecified atom stereocenters. The Hall–Kier alpha value is -0.340. The van der Waals surface area contributed by atoms with Crippen molar-refractivity contribution in [3.63, 3.8) is 0 Å². The van der Waals surface area contributed by atoms with Crippen molar-refractivity contribution < 1.29 is 25.2 Å². The summed E-state index contributed by atoms with van der Waals surface area (Å²) in [5.41, 5.74) is 4.94. The fraction of sp³-hybridized carbons (Fsp3) is 0.833. The molecule has 0 bridgehead atoms. The maximum Gasteiger partial charge on any atom is 0.321 e. The SMILES string of the molecule is N[C@@H](CS)C(=O)O.OCC(O)CO. The predicted octanol–water partition coefficient (Wildman–Crippen LogP) is -2.34. The number of aliphatic carboxylic acids is 1. The van der Waals surface area contributed by atoms with Gasteiger partial charge in [0, 0.05) is 5.75 Å². The molecule has 0 fully saturated rings. The second kappa shape index (κ2) is 9.75. The lowest BCUT2D eigenvalue weighted by molar-refractivity contribution is -0.137. The zero-order chi connectivity index (χ0) is 10.9. The van der Waals surface area contributed by atoms with Gasteiger partial charge in [0.05, 0.1) is 13.2 Å². The van der Waals surface area contributed by atoms with Crippen LogP contribution in [0.2, 0.25) is 0 Å². The summed E-state index contributed by atoms with van der Waals surface area (Å²) in [6, 6.07) is -0.816. The van der Waals surface area contributed by atoms with Crippen molar-refractivity contribution >= 4 is 18.6 Å². The van der Waals surface area contributed by atoms with Crippen molar-refractivity contribution in [1.82, 2.24) is 0 Å². The molecule has 0 aromatic rings. The maximum atomic E-state index is 9.76. The van der Waals surface area contributed by atoms with Crippen molar-refractivity contribution in [3.8, 4) is 0 Å². The number of aliphatic hydroxyl groups is 3. The predicted molar refractivity (Wildman–Crippen MR) is 49.6 cm³/mol. The fourth-order valence-electron chi connectivity index (χ4n) is 0.136. The molecule has 6 N–H and O–H groups in total. The minimum atomic E-state index is -1.00.